The summed E-state index contributed by atoms with van der Waals surface area (Å²) in [7, 11) is 0. The molecule has 3 heteroatoms. The van der Waals surface area contributed by atoms with Crippen LogP contribution in [0.3, 0.4) is 0 Å². The standard InChI is InChI=1S/C33H49NO2/c1-22(2)9-8-10-23(3)27-14-15-28-26-13-12-24-21-25(36-31(35)30-11-6-7-20-34-30)16-18-32(24,4)29(26)17-19-33(27,28)5/h6-7,11-12,20,22-23,25-29H,8-10,13-19,21H2,1-5H3/t23?,25-,26-,27+,28-,29-,32-,33+/m0/s1. The number of hydrogen-bond acceptors (Lipinski definition) is 3. The van der Waals surface area contributed by atoms with Crippen LogP contribution in [0.2, 0.25) is 0 Å². The molecule has 0 N–H and O–H groups in total. The van der Waals surface area contributed by atoms with Gasteiger partial charge in [0.05, 0.1) is 0 Å². The van der Waals surface area contributed by atoms with Gasteiger partial charge < -0.3 is 4.74 Å². The summed E-state index contributed by atoms with van der Waals surface area (Å²) in [4.78, 5) is 16.8. The molecule has 3 saturated carbocycles. The molecule has 3 nitrogen and oxygen atoms in total. The van der Waals surface area contributed by atoms with Crippen LogP contribution in [0, 0.1) is 46.3 Å². The van der Waals surface area contributed by atoms with Crippen molar-refractivity contribution in [1.82, 2.24) is 4.98 Å². The topological polar surface area (TPSA) is 39.2 Å². The number of fused-ring (bicyclic) bond motifs is 5. The average molecular weight is 492 g/mol. The molecule has 0 amide bonds. The van der Waals surface area contributed by atoms with Gasteiger partial charge >= 0.3 is 5.97 Å². The third-order valence-corrected chi connectivity index (χ3v) is 11.4. The van der Waals surface area contributed by atoms with Crippen molar-refractivity contribution >= 4 is 5.97 Å². The Hall–Kier alpha value is -1.64. The molecule has 1 aromatic heterocycles. The largest absolute Gasteiger partial charge is 0.457 e. The second-order valence-electron chi connectivity index (χ2n) is 13.8. The molecule has 3 fully saturated rings. The van der Waals surface area contributed by atoms with Gasteiger partial charge in [-0.05, 0) is 103 Å². The Morgan fingerprint density at radius 2 is 1.89 bits per heavy atom. The highest BCUT2D eigenvalue weighted by Crippen LogP contribution is 2.67. The van der Waals surface area contributed by atoms with Crippen molar-refractivity contribution in [2.75, 3.05) is 0 Å². The molecule has 1 heterocycles. The highest BCUT2D eigenvalue weighted by atomic mass is 16.5. The molecule has 8 atom stereocenters. The number of aromatic nitrogens is 1. The maximum absolute atomic E-state index is 12.6. The van der Waals surface area contributed by atoms with E-state index in [9.17, 15) is 4.79 Å². The Morgan fingerprint density at radius 3 is 2.64 bits per heavy atom. The van der Waals surface area contributed by atoms with Crippen LogP contribution < -0.4 is 0 Å². The summed E-state index contributed by atoms with van der Waals surface area (Å²) >= 11 is 0. The summed E-state index contributed by atoms with van der Waals surface area (Å²) in [5, 5.41) is 0. The predicted octanol–water partition coefficient (Wildman–Crippen LogP) is 8.65. The van der Waals surface area contributed by atoms with Gasteiger partial charge in [-0.25, -0.2) is 9.78 Å². The molecule has 0 saturated heterocycles. The third-order valence-electron chi connectivity index (χ3n) is 11.4. The zero-order valence-electron chi connectivity index (χ0n) is 23.5. The molecule has 5 rings (SSSR count). The van der Waals surface area contributed by atoms with E-state index in [2.05, 4.69) is 45.7 Å². The van der Waals surface area contributed by atoms with Gasteiger partial charge in [0.2, 0.25) is 0 Å². The number of carbonyl (C=O) groups is 1. The molecule has 36 heavy (non-hydrogen) atoms. The minimum atomic E-state index is -0.272. The lowest BCUT2D eigenvalue weighted by molar-refractivity contribution is -0.0595. The molecule has 1 aromatic rings. The van der Waals surface area contributed by atoms with E-state index in [-0.39, 0.29) is 12.1 Å². The zero-order valence-corrected chi connectivity index (χ0v) is 23.5. The van der Waals surface area contributed by atoms with Crippen LogP contribution in [-0.2, 0) is 4.74 Å². The first-order valence-electron chi connectivity index (χ1n) is 15.0. The first-order chi connectivity index (χ1) is 17.2. The quantitative estimate of drug-likeness (QED) is 0.283. The van der Waals surface area contributed by atoms with Gasteiger partial charge in [0, 0.05) is 12.6 Å². The van der Waals surface area contributed by atoms with Crippen molar-refractivity contribution in [2.24, 2.45) is 46.3 Å². The third kappa shape index (κ3) is 4.69. The molecule has 198 valence electrons. The number of carbonyl (C=O) groups excluding carboxylic acids is 1. The molecular weight excluding hydrogens is 442 g/mol. The Labute approximate surface area is 219 Å². The maximum Gasteiger partial charge on any atom is 0.357 e. The van der Waals surface area contributed by atoms with E-state index in [0.717, 1.165) is 54.8 Å². The number of allylic oxidation sites excluding steroid dienone is 1. The summed E-state index contributed by atoms with van der Waals surface area (Å²) in [6, 6.07) is 5.43. The van der Waals surface area contributed by atoms with E-state index in [1.165, 1.54) is 51.4 Å². The first kappa shape index (κ1) is 26.0. The van der Waals surface area contributed by atoms with Crippen LogP contribution in [0.1, 0.15) is 116 Å². The highest BCUT2D eigenvalue weighted by molar-refractivity contribution is 5.87. The molecule has 0 radical (unpaired) electrons. The van der Waals surface area contributed by atoms with E-state index in [1.54, 1.807) is 17.8 Å². The van der Waals surface area contributed by atoms with E-state index in [4.69, 9.17) is 4.74 Å². The number of rotatable bonds is 7. The predicted molar refractivity (Wildman–Crippen MR) is 146 cm³/mol. The normalized spacial score (nSPS) is 38.5. The van der Waals surface area contributed by atoms with Crippen molar-refractivity contribution in [2.45, 2.75) is 111 Å². The van der Waals surface area contributed by atoms with Crippen LogP contribution in [-0.4, -0.2) is 17.1 Å². The van der Waals surface area contributed by atoms with E-state index in [0.29, 0.717) is 16.5 Å². The molecule has 0 bridgehead atoms. The van der Waals surface area contributed by atoms with Crippen molar-refractivity contribution < 1.29 is 9.53 Å². The Bertz CT molecular complexity index is 954. The number of nitrogens with zero attached hydrogens (tertiary/aromatic N) is 1. The minimum absolute atomic E-state index is 0.00760. The minimum Gasteiger partial charge on any atom is -0.457 e. The van der Waals surface area contributed by atoms with Gasteiger partial charge in [-0.3, -0.25) is 0 Å². The smallest absolute Gasteiger partial charge is 0.357 e. The number of hydrogen-bond donors (Lipinski definition) is 0. The van der Waals surface area contributed by atoms with Crippen LogP contribution in [0.5, 0.6) is 0 Å². The zero-order chi connectivity index (χ0) is 25.5. The first-order valence-corrected chi connectivity index (χ1v) is 15.0. The summed E-state index contributed by atoms with van der Waals surface area (Å²) in [6.07, 6.45) is 18.4. The fourth-order valence-corrected chi connectivity index (χ4v) is 9.45. The Kier molecular flexibility index (Phi) is 7.40. The molecular formula is C33H49NO2. The molecule has 4 aliphatic carbocycles. The lowest BCUT2D eigenvalue weighted by Gasteiger charge is -2.58. The van der Waals surface area contributed by atoms with Gasteiger partial charge in [-0.15, -0.1) is 0 Å². The van der Waals surface area contributed by atoms with E-state index >= 15 is 0 Å². The summed E-state index contributed by atoms with van der Waals surface area (Å²) in [5.41, 5.74) is 2.83. The van der Waals surface area contributed by atoms with Crippen molar-refractivity contribution in [3.8, 4) is 0 Å². The lowest BCUT2D eigenvalue weighted by Crippen LogP contribution is -2.51. The van der Waals surface area contributed by atoms with Gasteiger partial charge in [-0.2, -0.15) is 0 Å². The van der Waals surface area contributed by atoms with E-state index in [1.807, 2.05) is 12.1 Å². The molecule has 1 unspecified atom stereocenters. The molecule has 0 aromatic carbocycles. The summed E-state index contributed by atoms with van der Waals surface area (Å²) in [5.74, 6) is 4.88. The maximum atomic E-state index is 12.6. The Balaban J connectivity index is 1.25. The number of pyridine rings is 1. The summed E-state index contributed by atoms with van der Waals surface area (Å²) in [6.45, 7) is 12.5. The SMILES string of the molecule is CC(C)CCCC(C)[C@H]1CC[C@H]2[C@@H]3CC=C4C[C@@H](OC(=O)c5ccccn5)CC[C@]4(C)[C@H]3CC[C@]12C. The van der Waals surface area contributed by atoms with Gasteiger partial charge in [0.15, 0.2) is 0 Å². The fraction of sp³-hybridized carbons (Fsp3) is 0.758. The second kappa shape index (κ2) is 10.3. The lowest BCUT2D eigenvalue weighted by atomic mass is 9.47. The van der Waals surface area contributed by atoms with Crippen LogP contribution >= 0.6 is 0 Å². The fourth-order valence-electron chi connectivity index (χ4n) is 9.45. The number of ether oxygens (including phenoxy) is 1. The van der Waals surface area contributed by atoms with Gasteiger partial charge in [-0.1, -0.05) is 71.6 Å². The number of esters is 1. The molecule has 0 spiro atoms. The summed E-state index contributed by atoms with van der Waals surface area (Å²) < 4.78 is 5.94. The van der Waals surface area contributed by atoms with Gasteiger partial charge in [0.1, 0.15) is 11.8 Å². The molecule has 4 aliphatic rings. The van der Waals surface area contributed by atoms with E-state index < -0.39 is 0 Å². The van der Waals surface area contributed by atoms with Crippen LogP contribution in [0.25, 0.3) is 0 Å². The van der Waals surface area contributed by atoms with Crippen LogP contribution in [0.15, 0.2) is 36.0 Å². The van der Waals surface area contributed by atoms with Crippen molar-refractivity contribution in [3.63, 3.8) is 0 Å². The van der Waals surface area contributed by atoms with Crippen molar-refractivity contribution in [3.05, 3.63) is 41.7 Å². The molecule has 0 aliphatic heterocycles. The monoisotopic (exact) mass is 491 g/mol. The second-order valence-corrected chi connectivity index (χ2v) is 13.8. The average Bonchev–Trinajstić information content (AvgIpc) is 3.22. The van der Waals surface area contributed by atoms with Crippen LogP contribution in [0.4, 0.5) is 0 Å². The highest BCUT2D eigenvalue weighted by Gasteiger charge is 2.59. The van der Waals surface area contributed by atoms with Crippen molar-refractivity contribution in [1.29, 1.82) is 0 Å². The Morgan fingerprint density at radius 1 is 1.06 bits per heavy atom. The van der Waals surface area contributed by atoms with Gasteiger partial charge in [0.25, 0.3) is 0 Å².